The molecule has 1 aromatic heterocycles. The van der Waals surface area contributed by atoms with Crippen LogP contribution in [0.1, 0.15) is 18.2 Å². The predicted molar refractivity (Wildman–Crippen MR) is 78.1 cm³/mol. The van der Waals surface area contributed by atoms with Crippen LogP contribution in [0.3, 0.4) is 0 Å². The first-order valence-electron chi connectivity index (χ1n) is 6.59. The van der Waals surface area contributed by atoms with E-state index in [1.165, 1.54) is 23.5 Å². The first-order chi connectivity index (χ1) is 9.54. The highest BCUT2D eigenvalue weighted by atomic mass is 32.1. The van der Waals surface area contributed by atoms with Crippen molar-refractivity contribution >= 4 is 22.4 Å². The summed E-state index contributed by atoms with van der Waals surface area (Å²) in [6, 6.07) is 6.23. The molecular formula is C15H15FN2OS. The van der Waals surface area contributed by atoms with Crippen molar-refractivity contribution in [3.05, 3.63) is 35.0 Å². The van der Waals surface area contributed by atoms with Gasteiger partial charge in [0.1, 0.15) is 5.82 Å². The molecule has 1 heterocycles. The van der Waals surface area contributed by atoms with Gasteiger partial charge >= 0.3 is 0 Å². The standard InChI is InChI=1S/C15H15FN2OS/c1-8-7-12(8)14(19)18-15-17-13(9(2)20-15)10-3-5-11(16)6-4-10/h3-6,8,12H,7H2,1-2H3,(H,17,18,19)/t8-,12-/m1/s1. The third-order valence-corrected chi connectivity index (χ3v) is 4.48. The third kappa shape index (κ3) is 2.58. The summed E-state index contributed by atoms with van der Waals surface area (Å²) < 4.78 is 12.9. The summed E-state index contributed by atoms with van der Waals surface area (Å²) in [7, 11) is 0. The van der Waals surface area contributed by atoms with Gasteiger partial charge in [-0.2, -0.15) is 0 Å². The van der Waals surface area contributed by atoms with E-state index in [0.717, 1.165) is 22.6 Å². The number of aromatic nitrogens is 1. The predicted octanol–water partition coefficient (Wildman–Crippen LogP) is 3.85. The molecule has 0 saturated heterocycles. The van der Waals surface area contributed by atoms with Gasteiger partial charge in [-0.15, -0.1) is 11.3 Å². The fraction of sp³-hybridized carbons (Fsp3) is 0.333. The van der Waals surface area contributed by atoms with Crippen molar-refractivity contribution in [1.82, 2.24) is 4.98 Å². The summed E-state index contributed by atoms with van der Waals surface area (Å²) >= 11 is 1.45. The third-order valence-electron chi connectivity index (χ3n) is 3.59. The van der Waals surface area contributed by atoms with Gasteiger partial charge in [-0.3, -0.25) is 4.79 Å². The van der Waals surface area contributed by atoms with Crippen molar-refractivity contribution in [3.63, 3.8) is 0 Å². The van der Waals surface area contributed by atoms with E-state index in [9.17, 15) is 9.18 Å². The van der Waals surface area contributed by atoms with Crippen molar-refractivity contribution in [3.8, 4) is 11.3 Å². The molecule has 0 radical (unpaired) electrons. The van der Waals surface area contributed by atoms with Gasteiger partial charge in [0.25, 0.3) is 0 Å². The van der Waals surface area contributed by atoms with Crippen LogP contribution in [0.2, 0.25) is 0 Å². The minimum atomic E-state index is -0.266. The molecule has 0 aliphatic heterocycles. The van der Waals surface area contributed by atoms with Crippen molar-refractivity contribution in [1.29, 1.82) is 0 Å². The van der Waals surface area contributed by atoms with Gasteiger partial charge in [-0.25, -0.2) is 9.37 Å². The van der Waals surface area contributed by atoms with E-state index in [2.05, 4.69) is 17.2 Å². The molecule has 3 nitrogen and oxygen atoms in total. The lowest BCUT2D eigenvalue weighted by Gasteiger charge is -1.99. The van der Waals surface area contributed by atoms with E-state index >= 15 is 0 Å². The maximum absolute atomic E-state index is 12.9. The van der Waals surface area contributed by atoms with E-state index in [4.69, 9.17) is 0 Å². The second kappa shape index (κ2) is 4.98. The van der Waals surface area contributed by atoms with Crippen LogP contribution >= 0.6 is 11.3 Å². The van der Waals surface area contributed by atoms with Gasteiger partial charge < -0.3 is 5.32 Å². The van der Waals surface area contributed by atoms with Crippen molar-refractivity contribution < 1.29 is 9.18 Å². The molecule has 3 rings (SSSR count). The SMILES string of the molecule is Cc1sc(NC(=O)[C@@H]2C[C@H]2C)nc1-c1ccc(F)cc1. The average Bonchev–Trinajstić information content (AvgIpc) is 3.03. The average molecular weight is 290 g/mol. The zero-order valence-corrected chi connectivity index (χ0v) is 12.1. The van der Waals surface area contributed by atoms with Gasteiger partial charge in [-0.05, 0) is 43.5 Å². The summed E-state index contributed by atoms with van der Waals surface area (Å²) in [6.45, 7) is 4.02. The summed E-state index contributed by atoms with van der Waals surface area (Å²) in [5, 5.41) is 3.49. The first-order valence-corrected chi connectivity index (χ1v) is 7.40. The number of nitrogens with zero attached hydrogens (tertiary/aromatic N) is 1. The molecule has 2 atom stereocenters. The number of aryl methyl sites for hydroxylation is 1. The summed E-state index contributed by atoms with van der Waals surface area (Å²) in [5.74, 6) is 0.399. The number of hydrogen-bond acceptors (Lipinski definition) is 3. The molecule has 1 N–H and O–H groups in total. The fourth-order valence-corrected chi connectivity index (χ4v) is 3.05. The van der Waals surface area contributed by atoms with Crippen LogP contribution in [-0.4, -0.2) is 10.9 Å². The van der Waals surface area contributed by atoms with E-state index in [-0.39, 0.29) is 17.6 Å². The van der Waals surface area contributed by atoms with Crippen molar-refractivity contribution in [2.45, 2.75) is 20.3 Å². The highest BCUT2D eigenvalue weighted by Crippen LogP contribution is 2.39. The Kier molecular flexibility index (Phi) is 3.30. The molecule has 20 heavy (non-hydrogen) atoms. The van der Waals surface area contributed by atoms with Crippen LogP contribution < -0.4 is 5.32 Å². The number of amides is 1. The van der Waals surface area contributed by atoms with Gasteiger partial charge in [0.2, 0.25) is 5.91 Å². The number of thiazole rings is 1. The number of hydrogen-bond donors (Lipinski definition) is 1. The molecule has 1 aliphatic rings. The number of halogens is 1. The van der Waals surface area contributed by atoms with Gasteiger partial charge in [0.15, 0.2) is 5.13 Å². The maximum Gasteiger partial charge on any atom is 0.229 e. The van der Waals surface area contributed by atoms with Crippen LogP contribution in [0.25, 0.3) is 11.3 Å². The molecule has 1 aliphatic carbocycles. The maximum atomic E-state index is 12.9. The molecule has 0 unspecified atom stereocenters. The largest absolute Gasteiger partial charge is 0.302 e. The number of benzene rings is 1. The first kappa shape index (κ1) is 13.2. The molecule has 2 aromatic rings. The number of rotatable bonds is 3. The summed E-state index contributed by atoms with van der Waals surface area (Å²) in [5.41, 5.74) is 1.66. The van der Waals surface area contributed by atoms with Crippen LogP contribution in [0.15, 0.2) is 24.3 Å². The molecule has 1 aromatic carbocycles. The Morgan fingerprint density at radius 2 is 2.05 bits per heavy atom. The zero-order chi connectivity index (χ0) is 14.3. The van der Waals surface area contributed by atoms with Crippen LogP contribution in [0.5, 0.6) is 0 Å². The van der Waals surface area contributed by atoms with Crippen LogP contribution in [-0.2, 0) is 4.79 Å². The minimum Gasteiger partial charge on any atom is -0.302 e. The Hall–Kier alpha value is -1.75. The number of carbonyl (C=O) groups excluding carboxylic acids is 1. The quantitative estimate of drug-likeness (QED) is 0.933. The Bertz CT molecular complexity index is 650. The highest BCUT2D eigenvalue weighted by molar-refractivity contribution is 7.16. The molecule has 5 heteroatoms. The topological polar surface area (TPSA) is 42.0 Å². The van der Waals surface area contributed by atoms with Gasteiger partial charge in [-0.1, -0.05) is 6.92 Å². The molecule has 1 amide bonds. The lowest BCUT2D eigenvalue weighted by molar-refractivity contribution is -0.117. The van der Waals surface area contributed by atoms with E-state index < -0.39 is 0 Å². The normalized spacial score (nSPS) is 20.8. The fourth-order valence-electron chi connectivity index (χ4n) is 2.21. The van der Waals surface area contributed by atoms with Crippen LogP contribution in [0, 0.1) is 24.6 Å². The Labute approximate surface area is 120 Å². The van der Waals surface area contributed by atoms with Crippen molar-refractivity contribution in [2.75, 3.05) is 5.32 Å². The van der Waals surface area contributed by atoms with Crippen molar-refractivity contribution in [2.24, 2.45) is 11.8 Å². The van der Waals surface area contributed by atoms with Gasteiger partial charge in [0.05, 0.1) is 5.69 Å². The number of anilines is 1. The van der Waals surface area contributed by atoms with E-state index in [1.807, 2.05) is 6.92 Å². The minimum absolute atomic E-state index is 0.0527. The van der Waals surface area contributed by atoms with E-state index in [0.29, 0.717) is 11.0 Å². The van der Waals surface area contributed by atoms with Gasteiger partial charge in [0, 0.05) is 16.4 Å². The Morgan fingerprint density at radius 3 is 2.65 bits per heavy atom. The molecule has 0 bridgehead atoms. The number of nitrogens with one attached hydrogen (secondary N) is 1. The number of carbonyl (C=O) groups is 1. The molecule has 0 spiro atoms. The van der Waals surface area contributed by atoms with Crippen LogP contribution in [0.4, 0.5) is 9.52 Å². The highest BCUT2D eigenvalue weighted by Gasteiger charge is 2.39. The molecule has 1 fully saturated rings. The lowest BCUT2D eigenvalue weighted by Crippen LogP contribution is -2.14. The van der Waals surface area contributed by atoms with E-state index in [1.54, 1.807) is 12.1 Å². The summed E-state index contributed by atoms with van der Waals surface area (Å²) in [4.78, 5) is 17.4. The molecule has 1 saturated carbocycles. The Balaban J connectivity index is 1.80. The zero-order valence-electron chi connectivity index (χ0n) is 11.3. The summed E-state index contributed by atoms with van der Waals surface area (Å²) in [6.07, 6.45) is 0.959. The molecular weight excluding hydrogens is 275 g/mol. The lowest BCUT2D eigenvalue weighted by atomic mass is 10.1. The second-order valence-corrected chi connectivity index (χ2v) is 6.44. The monoisotopic (exact) mass is 290 g/mol. The second-order valence-electron chi connectivity index (χ2n) is 5.24. The molecule has 104 valence electrons. The Morgan fingerprint density at radius 1 is 1.40 bits per heavy atom. The smallest absolute Gasteiger partial charge is 0.229 e.